The molecule has 0 radical (unpaired) electrons. The van der Waals surface area contributed by atoms with Gasteiger partial charge in [-0.25, -0.2) is 4.98 Å². The van der Waals surface area contributed by atoms with Gasteiger partial charge in [-0.05, 0) is 24.7 Å². The fourth-order valence-electron chi connectivity index (χ4n) is 2.41. The van der Waals surface area contributed by atoms with Crippen LogP contribution in [0.5, 0.6) is 5.75 Å². The van der Waals surface area contributed by atoms with E-state index in [0.29, 0.717) is 5.92 Å². The first-order chi connectivity index (χ1) is 9.65. The molecule has 0 aliphatic rings. The highest BCUT2D eigenvalue weighted by molar-refractivity contribution is 5.37. The van der Waals surface area contributed by atoms with Crippen molar-refractivity contribution < 1.29 is 4.74 Å². The van der Waals surface area contributed by atoms with Crippen LogP contribution in [0.1, 0.15) is 36.7 Å². The van der Waals surface area contributed by atoms with Crippen molar-refractivity contribution in [1.29, 1.82) is 0 Å². The van der Waals surface area contributed by atoms with Crippen molar-refractivity contribution in [3.8, 4) is 5.75 Å². The third-order valence-electron chi connectivity index (χ3n) is 3.33. The predicted molar refractivity (Wildman–Crippen MR) is 81.2 cm³/mol. The summed E-state index contributed by atoms with van der Waals surface area (Å²) in [4.78, 5) is 4.44. The van der Waals surface area contributed by atoms with Gasteiger partial charge in [0.1, 0.15) is 11.6 Å². The molecule has 4 nitrogen and oxygen atoms in total. The second kappa shape index (κ2) is 6.57. The number of rotatable bonds is 6. The average Bonchev–Trinajstić information content (AvgIpc) is 2.88. The molecular weight excluding hydrogens is 250 g/mol. The quantitative estimate of drug-likeness (QED) is 0.879. The normalized spacial score (nSPS) is 11.1. The van der Waals surface area contributed by atoms with Gasteiger partial charge in [-0.3, -0.25) is 0 Å². The van der Waals surface area contributed by atoms with Gasteiger partial charge in [0.05, 0.1) is 13.7 Å². The highest BCUT2D eigenvalue weighted by Gasteiger charge is 2.10. The lowest BCUT2D eigenvalue weighted by Gasteiger charge is -2.14. The van der Waals surface area contributed by atoms with Gasteiger partial charge in [-0.15, -0.1) is 0 Å². The number of aromatic nitrogens is 2. The number of hydrogen-bond donors (Lipinski definition) is 1. The summed E-state index contributed by atoms with van der Waals surface area (Å²) in [5.41, 5.74) is 2.44. The number of hydrogen-bond acceptors (Lipinski definition) is 3. The van der Waals surface area contributed by atoms with E-state index < -0.39 is 0 Å². The number of imidazole rings is 1. The van der Waals surface area contributed by atoms with E-state index in [4.69, 9.17) is 4.74 Å². The van der Waals surface area contributed by atoms with Crippen LogP contribution in [0.15, 0.2) is 30.6 Å². The Bertz CT molecular complexity index is 561. The molecule has 0 fully saturated rings. The van der Waals surface area contributed by atoms with E-state index >= 15 is 0 Å². The molecule has 2 rings (SSSR count). The lowest BCUT2D eigenvalue weighted by Crippen LogP contribution is -2.09. The average molecular weight is 273 g/mol. The molecule has 108 valence electrons. The molecule has 0 amide bonds. The van der Waals surface area contributed by atoms with Crippen molar-refractivity contribution >= 4 is 0 Å². The van der Waals surface area contributed by atoms with Crippen molar-refractivity contribution in [2.75, 3.05) is 14.2 Å². The van der Waals surface area contributed by atoms with E-state index in [1.165, 1.54) is 11.1 Å². The summed E-state index contributed by atoms with van der Waals surface area (Å²) >= 11 is 0. The van der Waals surface area contributed by atoms with Crippen LogP contribution in [0.3, 0.4) is 0 Å². The first kappa shape index (κ1) is 14.6. The number of nitrogens with zero attached hydrogens (tertiary/aromatic N) is 2. The summed E-state index contributed by atoms with van der Waals surface area (Å²) in [7, 11) is 3.67. The highest BCUT2D eigenvalue weighted by Crippen LogP contribution is 2.23. The minimum Gasteiger partial charge on any atom is -0.496 e. The Hall–Kier alpha value is -1.81. The van der Waals surface area contributed by atoms with Gasteiger partial charge in [0.15, 0.2) is 0 Å². The maximum absolute atomic E-state index is 5.47. The zero-order valence-corrected chi connectivity index (χ0v) is 12.7. The van der Waals surface area contributed by atoms with Gasteiger partial charge >= 0.3 is 0 Å². The lowest BCUT2D eigenvalue weighted by atomic mass is 10.1. The number of methoxy groups -OCH3 is 1. The minimum atomic E-state index is 0.413. The van der Waals surface area contributed by atoms with Crippen LogP contribution in [-0.4, -0.2) is 23.7 Å². The van der Waals surface area contributed by atoms with Crippen LogP contribution in [0, 0.1) is 0 Å². The monoisotopic (exact) mass is 273 g/mol. The molecule has 2 aromatic rings. The number of benzene rings is 1. The van der Waals surface area contributed by atoms with E-state index in [1.807, 2.05) is 25.5 Å². The largest absolute Gasteiger partial charge is 0.496 e. The molecule has 0 saturated heterocycles. The molecule has 1 N–H and O–H groups in total. The third kappa shape index (κ3) is 3.20. The zero-order chi connectivity index (χ0) is 14.5. The van der Waals surface area contributed by atoms with Crippen molar-refractivity contribution in [2.45, 2.75) is 32.9 Å². The van der Waals surface area contributed by atoms with Crippen LogP contribution in [-0.2, 0) is 13.1 Å². The molecule has 0 bridgehead atoms. The summed E-state index contributed by atoms with van der Waals surface area (Å²) in [6.45, 7) is 5.97. The summed E-state index contributed by atoms with van der Waals surface area (Å²) in [5, 5.41) is 3.18. The van der Waals surface area contributed by atoms with Crippen LogP contribution < -0.4 is 10.1 Å². The van der Waals surface area contributed by atoms with Crippen LogP contribution in [0.2, 0.25) is 0 Å². The van der Waals surface area contributed by atoms with Crippen LogP contribution in [0.4, 0.5) is 0 Å². The van der Waals surface area contributed by atoms with Gasteiger partial charge in [-0.2, -0.15) is 0 Å². The van der Waals surface area contributed by atoms with E-state index in [1.54, 1.807) is 7.11 Å². The van der Waals surface area contributed by atoms with E-state index in [0.717, 1.165) is 24.7 Å². The molecule has 0 aliphatic heterocycles. The van der Waals surface area contributed by atoms with E-state index in [-0.39, 0.29) is 0 Å². The molecule has 1 aromatic carbocycles. The Morgan fingerprint density at radius 2 is 2.15 bits per heavy atom. The Kier molecular flexibility index (Phi) is 4.79. The molecular formula is C16H23N3O. The molecule has 20 heavy (non-hydrogen) atoms. The maximum Gasteiger partial charge on any atom is 0.123 e. The van der Waals surface area contributed by atoms with Crippen molar-refractivity contribution in [2.24, 2.45) is 0 Å². The first-order valence-electron chi connectivity index (χ1n) is 6.97. The van der Waals surface area contributed by atoms with Gasteiger partial charge in [-0.1, -0.05) is 19.9 Å². The highest BCUT2D eigenvalue weighted by atomic mass is 16.5. The zero-order valence-electron chi connectivity index (χ0n) is 12.7. The summed E-state index contributed by atoms with van der Waals surface area (Å²) < 4.78 is 7.66. The van der Waals surface area contributed by atoms with Gasteiger partial charge in [0.25, 0.3) is 0 Å². The Morgan fingerprint density at radius 3 is 2.80 bits per heavy atom. The first-order valence-corrected chi connectivity index (χ1v) is 6.97. The predicted octanol–water partition coefficient (Wildman–Crippen LogP) is 2.78. The fourth-order valence-corrected chi connectivity index (χ4v) is 2.41. The summed E-state index contributed by atoms with van der Waals surface area (Å²) in [5.74, 6) is 2.44. The summed E-state index contributed by atoms with van der Waals surface area (Å²) in [6, 6.07) is 6.32. The minimum absolute atomic E-state index is 0.413. The molecule has 0 unspecified atom stereocenters. The molecule has 0 atom stereocenters. The van der Waals surface area contributed by atoms with Gasteiger partial charge in [0, 0.05) is 30.4 Å². The molecule has 1 heterocycles. The Labute approximate surface area is 120 Å². The van der Waals surface area contributed by atoms with Crippen LogP contribution in [0.25, 0.3) is 0 Å². The standard InChI is InChI=1S/C16H23N3O/c1-12(2)16-18-7-8-19(16)11-14-9-13(10-17-3)5-6-15(14)20-4/h5-9,12,17H,10-11H2,1-4H3. The molecule has 1 aromatic heterocycles. The number of ether oxygens (including phenoxy) is 1. The van der Waals surface area contributed by atoms with Gasteiger partial charge in [0.2, 0.25) is 0 Å². The van der Waals surface area contributed by atoms with Crippen LogP contribution >= 0.6 is 0 Å². The van der Waals surface area contributed by atoms with E-state index in [2.05, 4.69) is 40.8 Å². The van der Waals surface area contributed by atoms with E-state index in [9.17, 15) is 0 Å². The third-order valence-corrected chi connectivity index (χ3v) is 3.33. The lowest BCUT2D eigenvalue weighted by molar-refractivity contribution is 0.407. The Balaban J connectivity index is 2.31. The molecule has 4 heteroatoms. The topological polar surface area (TPSA) is 39.1 Å². The molecule has 0 saturated carbocycles. The SMILES string of the molecule is CNCc1ccc(OC)c(Cn2ccnc2C(C)C)c1. The second-order valence-corrected chi connectivity index (χ2v) is 5.24. The van der Waals surface area contributed by atoms with Crippen molar-refractivity contribution in [3.63, 3.8) is 0 Å². The Morgan fingerprint density at radius 1 is 1.35 bits per heavy atom. The smallest absolute Gasteiger partial charge is 0.123 e. The maximum atomic E-state index is 5.47. The van der Waals surface area contributed by atoms with Crippen molar-refractivity contribution in [1.82, 2.24) is 14.9 Å². The second-order valence-electron chi connectivity index (χ2n) is 5.24. The van der Waals surface area contributed by atoms with Crippen molar-refractivity contribution in [3.05, 3.63) is 47.5 Å². The molecule has 0 aliphatic carbocycles. The summed E-state index contributed by atoms with van der Waals surface area (Å²) in [6.07, 6.45) is 3.89. The fraction of sp³-hybridized carbons (Fsp3) is 0.438. The number of nitrogens with one attached hydrogen (secondary N) is 1. The molecule has 0 spiro atoms. The van der Waals surface area contributed by atoms with Gasteiger partial charge < -0.3 is 14.6 Å².